The number of nitrogens with two attached hydrogens (primary N) is 2. The van der Waals surface area contributed by atoms with Crippen LogP contribution in [0.15, 0.2) is 152 Å². The summed E-state index contributed by atoms with van der Waals surface area (Å²) in [6.07, 6.45) is 1.52. The van der Waals surface area contributed by atoms with Crippen molar-refractivity contribution < 1.29 is 95.3 Å². The van der Waals surface area contributed by atoms with Crippen LogP contribution in [0.1, 0.15) is 132 Å². The number of rotatable bonds is 21. The highest BCUT2D eigenvalue weighted by atomic mass is 32.2. The number of aromatic amines is 1. The number of hydrogen-bond donors (Lipinski definition) is 13. The lowest BCUT2D eigenvalue weighted by atomic mass is 9.96. The van der Waals surface area contributed by atoms with Gasteiger partial charge in [0.25, 0.3) is 0 Å². The molecule has 15 amide bonds. The molecule has 4 saturated heterocycles. The predicted octanol–water partition coefficient (Wildman–Crippen LogP) is 4.17. The lowest BCUT2D eigenvalue weighted by molar-refractivity contribution is -0.154. The van der Waals surface area contributed by atoms with E-state index in [1.54, 1.807) is 131 Å². The van der Waals surface area contributed by atoms with Gasteiger partial charge in [0.15, 0.2) is 17.5 Å². The summed E-state index contributed by atoms with van der Waals surface area (Å²) >= 11 is 0.700. The monoisotopic (exact) mass is 1910 g/mol. The topological polar surface area (TPSA) is 480 Å². The molecular formula is C99H124F3N17O17S. The summed E-state index contributed by atoms with van der Waals surface area (Å²) in [5.74, 6) is -20.7. The number of para-hydroxylation sites is 1. The Kier molecular flexibility index (Phi) is 36.8. The zero-order valence-corrected chi connectivity index (χ0v) is 78.9. The van der Waals surface area contributed by atoms with Gasteiger partial charge in [-0.25, -0.2) is 13.2 Å². The van der Waals surface area contributed by atoms with Gasteiger partial charge in [-0.05, 0) is 139 Å². The lowest BCUT2D eigenvalue weighted by Crippen LogP contribution is -2.63. The van der Waals surface area contributed by atoms with E-state index < -0.39 is 227 Å². The lowest BCUT2D eigenvalue weighted by Gasteiger charge is -2.39. The molecule has 6 aromatic carbocycles. The van der Waals surface area contributed by atoms with E-state index in [1.807, 2.05) is 6.92 Å². The van der Waals surface area contributed by atoms with Gasteiger partial charge in [-0.1, -0.05) is 151 Å². The summed E-state index contributed by atoms with van der Waals surface area (Å²) in [7, 11) is 3.98. The summed E-state index contributed by atoms with van der Waals surface area (Å²) in [6.45, 7) is 7.68. The molecule has 4 aliphatic heterocycles. The van der Waals surface area contributed by atoms with Crippen molar-refractivity contribution in [1.29, 1.82) is 0 Å². The molecule has 0 spiro atoms. The molecule has 137 heavy (non-hydrogen) atoms. The van der Waals surface area contributed by atoms with Gasteiger partial charge in [0.2, 0.25) is 88.6 Å². The molecule has 1 aromatic heterocycles. The van der Waals surface area contributed by atoms with E-state index in [-0.39, 0.29) is 107 Å². The molecule has 11 rings (SSSR count). The second kappa shape index (κ2) is 48.4. The number of nitrogens with zero attached hydrogens (tertiary/aromatic N) is 6. The number of phenolic OH excluding ortho intramolecular Hbond substituents is 2. The molecular weight excluding hydrogens is 1790 g/mol. The average Bonchev–Trinajstić information content (AvgIpc) is 1.65. The van der Waals surface area contributed by atoms with Gasteiger partial charge >= 0.3 is 0 Å². The van der Waals surface area contributed by atoms with Crippen LogP contribution in [0.3, 0.4) is 0 Å². The fourth-order valence-corrected chi connectivity index (χ4v) is 18.9. The van der Waals surface area contributed by atoms with Crippen molar-refractivity contribution in [2.24, 2.45) is 23.3 Å². The van der Waals surface area contributed by atoms with E-state index in [2.05, 4.69) is 47.5 Å². The van der Waals surface area contributed by atoms with Gasteiger partial charge in [0, 0.05) is 108 Å². The molecule has 0 aliphatic carbocycles. The number of aromatic nitrogens is 1. The molecule has 0 bridgehead atoms. The van der Waals surface area contributed by atoms with Crippen LogP contribution in [0.4, 0.5) is 13.2 Å². The molecule has 734 valence electrons. The zero-order valence-electron chi connectivity index (χ0n) is 78.1. The number of primary amides is 1. The van der Waals surface area contributed by atoms with E-state index in [4.69, 9.17) is 11.5 Å². The Morgan fingerprint density at radius 3 is 1.62 bits per heavy atom. The summed E-state index contributed by atoms with van der Waals surface area (Å²) in [4.78, 5) is 239. The molecule has 0 saturated carbocycles. The first kappa shape index (κ1) is 104. The van der Waals surface area contributed by atoms with Gasteiger partial charge in [-0.2, -0.15) is 0 Å². The van der Waals surface area contributed by atoms with Crippen molar-refractivity contribution in [3.8, 4) is 11.5 Å². The average molecular weight is 1910 g/mol. The first-order valence-corrected chi connectivity index (χ1v) is 47.6. The molecule has 7 aromatic rings. The molecule has 0 unspecified atom stereocenters. The van der Waals surface area contributed by atoms with Crippen LogP contribution in [0.5, 0.6) is 11.5 Å². The number of halogens is 3. The van der Waals surface area contributed by atoms with E-state index in [9.17, 15) is 29.0 Å². The number of aromatic hydroxyl groups is 2. The third kappa shape index (κ3) is 27.5. The minimum Gasteiger partial charge on any atom is -0.508 e. The summed E-state index contributed by atoms with van der Waals surface area (Å²) in [6, 6.07) is 16.7. The molecule has 0 radical (unpaired) electrons. The molecule has 38 heteroatoms. The number of benzene rings is 6. The molecule has 4 fully saturated rings. The van der Waals surface area contributed by atoms with E-state index in [0.29, 0.717) is 88.3 Å². The van der Waals surface area contributed by atoms with Crippen LogP contribution >= 0.6 is 11.8 Å². The SMILES string of the molecule is CCCC[C@H]1C(=O)N2CCC[C@@H]2C(=O)N2C[C@H](N)C[C@H]2C(=O)N[C@@H](C(C)C)C(=O)N(C)[C@@H](Cc2ccccc2)C(=O)N[C@@H](Cc2ccc(O)cc2)C(=O)N2CCCC[C@@H]2C(=O)N[C@@H](Cc2c[nH]c3ccccc23)C(=O)N[C@@H](Cc2ccc(O)cc2)C(=O)N[C@@H](CC(C)C)C(=O)N[C@H](C(=O)NCC(N)=O)CSCC(=O)N[C@@H](Cc2cc(F)c(F)c(F)c2)C(=O)N(C)[C@@H](Cc2ccccc2)C(=O)N1C. The van der Waals surface area contributed by atoms with Crippen LogP contribution in [0.2, 0.25) is 0 Å². The quantitative estimate of drug-likeness (QED) is 0.0449. The van der Waals surface area contributed by atoms with Crippen LogP contribution in [-0.4, -0.2) is 277 Å². The molecule has 14 atom stereocenters. The maximum Gasteiger partial charge on any atom is 0.246 e. The third-order valence-electron chi connectivity index (χ3n) is 25.5. The van der Waals surface area contributed by atoms with Gasteiger partial charge in [0.1, 0.15) is 90.0 Å². The number of carbonyl (C=O) groups is 15. The maximum atomic E-state index is 16.0. The number of unbranched alkanes of at least 4 members (excludes halogenated alkanes) is 1. The Hall–Kier alpha value is -13.4. The maximum absolute atomic E-state index is 16.0. The molecule has 15 N–H and O–H groups in total. The van der Waals surface area contributed by atoms with Crippen LogP contribution in [0, 0.1) is 29.3 Å². The molecule has 34 nitrogen and oxygen atoms in total. The van der Waals surface area contributed by atoms with Crippen molar-refractivity contribution in [2.45, 2.75) is 222 Å². The van der Waals surface area contributed by atoms with Crippen LogP contribution < -0.4 is 54.0 Å². The Labute approximate surface area is 797 Å². The largest absolute Gasteiger partial charge is 0.508 e. The smallest absolute Gasteiger partial charge is 0.246 e. The normalized spacial score (nSPS) is 24.4. The second-order valence-corrected chi connectivity index (χ2v) is 37.5. The van der Waals surface area contributed by atoms with Crippen molar-refractivity contribution in [3.63, 3.8) is 0 Å². The zero-order chi connectivity index (χ0) is 99.2. The van der Waals surface area contributed by atoms with Gasteiger partial charge in [0.05, 0.1) is 12.3 Å². The number of carbonyl (C=O) groups excluding carboxylic acids is 15. The van der Waals surface area contributed by atoms with Crippen LogP contribution in [-0.2, 0) is 110 Å². The number of H-pyrrole nitrogens is 1. The minimum atomic E-state index is -1.84. The summed E-state index contributed by atoms with van der Waals surface area (Å²) in [5.41, 5.74) is 14.9. The summed E-state index contributed by atoms with van der Waals surface area (Å²) in [5, 5.41) is 43.5. The van der Waals surface area contributed by atoms with E-state index in [0.717, 1.165) is 4.90 Å². The van der Waals surface area contributed by atoms with Crippen molar-refractivity contribution in [2.75, 3.05) is 58.8 Å². The van der Waals surface area contributed by atoms with E-state index >= 15 is 66.3 Å². The number of amides is 15. The summed E-state index contributed by atoms with van der Waals surface area (Å²) < 4.78 is 45.2. The van der Waals surface area contributed by atoms with Gasteiger partial charge < -0.3 is 98.6 Å². The fraction of sp³-hybridized carbons (Fsp3) is 0.465. The number of nitrogens with one attached hydrogen (secondary N) is 9. The number of hydrogen-bond acceptors (Lipinski definition) is 19. The van der Waals surface area contributed by atoms with Crippen molar-refractivity contribution >= 4 is 111 Å². The van der Waals surface area contributed by atoms with Crippen molar-refractivity contribution in [3.05, 3.63) is 203 Å². The Morgan fingerprint density at radius 1 is 0.496 bits per heavy atom. The first-order chi connectivity index (χ1) is 65.4. The van der Waals surface area contributed by atoms with Gasteiger partial charge in [-0.15, -0.1) is 11.8 Å². The minimum absolute atomic E-state index is 0.0127. The number of fused-ring (bicyclic) bond motifs is 4. The van der Waals surface area contributed by atoms with Crippen LogP contribution in [0.25, 0.3) is 10.9 Å². The standard InChI is InChI=1S/C99H124F3N17O17S/c1-9-10-28-78-97(134)118-40-21-30-79(118)98(135)119-53-64(103)50-81(119)93(130)113-86(57(4)5)99(136)115(7)80(47-58-22-13-11-14-23-58)92(129)111-75(45-61-33-37-66(121)38-34-61)95(132)117-39-20-19-29-77(117)91(128)110-73(49-63-51-105-70-27-18-17-26-67(63)70)90(127)109-72(44-60-31-35-65(120)36-32-60)89(126)108-71(41-56(2)3)88(125)112-76(87(124)106-52-83(104)122)54-137-55-84(123)107-74(46-62-42-68(100)85(102)69(101)43-62)94(131)116(8)82(96(133)114(78)6)48-59-24-15-12-16-25-59/h11-18,22-27,31-38,42-43,51,56-57,64,71-82,86,105,120-121H,9-10,19-21,28-30,39-41,44-50,52-55,103H2,1-8H3,(H2,104,122)(H,106,124)(H,107,123)(H,108,126)(H,109,127)(H,110,128)(H,111,129)(H,112,125)(H,113,130)/t64-,71+,72+,73+,74+,75+,76+,77-,78+,79-,80+,81+,82+,86+/m1/s1. The third-order valence-corrected chi connectivity index (χ3v) is 26.6. The second-order valence-electron chi connectivity index (χ2n) is 36.5. The fourth-order valence-electron chi connectivity index (χ4n) is 18.1. The number of thioether (sulfide) groups is 1. The number of piperidine rings is 1. The number of likely N-dealkylation sites (N-methyl/N-ethyl adjacent to an activating group) is 3. The highest BCUT2D eigenvalue weighted by Gasteiger charge is 2.49. The van der Waals surface area contributed by atoms with E-state index in [1.165, 1.54) is 82.0 Å². The van der Waals surface area contributed by atoms with Gasteiger partial charge in [-0.3, -0.25) is 71.9 Å². The highest BCUT2D eigenvalue weighted by Crippen LogP contribution is 2.31. The first-order valence-electron chi connectivity index (χ1n) is 46.4. The number of phenols is 2. The van der Waals surface area contributed by atoms with Crippen molar-refractivity contribution in [1.82, 2.24) is 76.9 Å². The molecule has 4 aliphatic rings. The Balaban J connectivity index is 0.991. The molecule has 5 heterocycles. The highest BCUT2D eigenvalue weighted by molar-refractivity contribution is 8.00. The Morgan fingerprint density at radius 2 is 1.01 bits per heavy atom. The Bertz CT molecular complexity index is 5470. The predicted molar refractivity (Wildman–Crippen MR) is 505 cm³/mol.